The number of ether oxygens (including phenoxy) is 1. The van der Waals surface area contributed by atoms with Crippen molar-refractivity contribution in [2.75, 3.05) is 6.54 Å². The summed E-state index contributed by atoms with van der Waals surface area (Å²) in [5.74, 6) is 1.33. The summed E-state index contributed by atoms with van der Waals surface area (Å²) in [7, 11) is 0. The van der Waals surface area contributed by atoms with E-state index in [4.69, 9.17) is 4.74 Å². The summed E-state index contributed by atoms with van der Waals surface area (Å²) < 4.78 is 5.94. The molecule has 3 heteroatoms. The second-order valence-corrected chi connectivity index (χ2v) is 8.84. The van der Waals surface area contributed by atoms with Gasteiger partial charge in [-0.3, -0.25) is 0 Å². The maximum Gasteiger partial charge on any atom is 0.119 e. The predicted octanol–water partition coefficient (Wildman–Crippen LogP) is 7.82. The Labute approximate surface area is 216 Å². The molecule has 35 heavy (non-hydrogen) atoms. The van der Waals surface area contributed by atoms with Crippen LogP contribution in [0.4, 0.5) is 0 Å². The van der Waals surface area contributed by atoms with Crippen molar-refractivity contribution in [1.29, 1.82) is 0 Å². The zero-order valence-electron chi connectivity index (χ0n) is 20.5. The van der Waals surface area contributed by atoms with Gasteiger partial charge in [0.15, 0.2) is 0 Å². The van der Waals surface area contributed by atoms with E-state index < -0.39 is 0 Å². The van der Waals surface area contributed by atoms with Gasteiger partial charge in [-0.2, -0.15) is 0 Å². The lowest BCUT2D eigenvalue weighted by molar-refractivity contribution is 0.306. The Hall–Kier alpha value is -3.07. The van der Waals surface area contributed by atoms with E-state index in [9.17, 15) is 0 Å². The minimum absolute atomic E-state index is 0. The first-order chi connectivity index (χ1) is 16.8. The molecule has 0 amide bonds. The summed E-state index contributed by atoms with van der Waals surface area (Å²) in [4.78, 5) is 0. The number of hydrogen-bond acceptors (Lipinski definition) is 2. The maximum atomic E-state index is 5.94. The van der Waals surface area contributed by atoms with Crippen LogP contribution in [-0.2, 0) is 13.0 Å². The highest BCUT2D eigenvalue weighted by Gasteiger charge is 2.15. The van der Waals surface area contributed by atoms with E-state index in [2.05, 4.69) is 109 Å². The molecule has 0 saturated carbocycles. The summed E-state index contributed by atoms with van der Waals surface area (Å²) in [5.41, 5.74) is 5.30. The molecule has 1 atom stereocenters. The van der Waals surface area contributed by atoms with Gasteiger partial charge < -0.3 is 10.1 Å². The molecule has 1 N–H and O–H groups in total. The molecule has 0 aliphatic heterocycles. The van der Waals surface area contributed by atoms with Crippen LogP contribution in [0.5, 0.6) is 5.75 Å². The molecule has 0 fully saturated rings. The molecule has 2 nitrogen and oxygen atoms in total. The van der Waals surface area contributed by atoms with Gasteiger partial charge in [0.1, 0.15) is 12.4 Å². The van der Waals surface area contributed by atoms with Gasteiger partial charge in [-0.25, -0.2) is 0 Å². The highest BCUT2D eigenvalue weighted by atomic mass is 35.5. The van der Waals surface area contributed by atoms with Crippen LogP contribution >= 0.6 is 12.4 Å². The van der Waals surface area contributed by atoms with Crippen LogP contribution in [0.1, 0.15) is 47.9 Å². The zero-order chi connectivity index (χ0) is 23.4. The predicted molar refractivity (Wildman–Crippen MR) is 150 cm³/mol. The topological polar surface area (TPSA) is 21.3 Å². The van der Waals surface area contributed by atoms with Crippen LogP contribution in [0, 0.1) is 0 Å². The number of nitrogens with one attached hydrogen (secondary N) is 1. The van der Waals surface area contributed by atoms with E-state index >= 15 is 0 Å². The quantitative estimate of drug-likeness (QED) is 0.221. The van der Waals surface area contributed by atoms with Gasteiger partial charge in [-0.05, 0) is 60.2 Å². The van der Waals surface area contributed by atoms with Gasteiger partial charge in [0.2, 0.25) is 0 Å². The SMILES string of the molecule is CCC(Cc1ccc(OCc2ccccc2)cc1)NCCC(c1ccccc1)c1ccccc1.Cl. The molecule has 0 aliphatic rings. The lowest BCUT2D eigenvalue weighted by Crippen LogP contribution is -2.32. The molecule has 0 aliphatic carbocycles. The molecule has 0 radical (unpaired) electrons. The van der Waals surface area contributed by atoms with Crippen LogP contribution < -0.4 is 10.1 Å². The largest absolute Gasteiger partial charge is 0.489 e. The van der Waals surface area contributed by atoms with Crippen molar-refractivity contribution < 1.29 is 4.74 Å². The third kappa shape index (κ3) is 8.28. The molecular formula is C32H36ClNO. The molecule has 0 saturated heterocycles. The first kappa shape index (κ1) is 26.5. The van der Waals surface area contributed by atoms with Crippen molar-refractivity contribution in [3.05, 3.63) is 138 Å². The van der Waals surface area contributed by atoms with E-state index in [-0.39, 0.29) is 12.4 Å². The smallest absolute Gasteiger partial charge is 0.119 e. The molecule has 4 aromatic carbocycles. The Bertz CT molecular complexity index is 1050. The van der Waals surface area contributed by atoms with Crippen LogP contribution in [-0.4, -0.2) is 12.6 Å². The van der Waals surface area contributed by atoms with E-state index in [0.717, 1.165) is 31.6 Å². The summed E-state index contributed by atoms with van der Waals surface area (Å²) in [6, 6.07) is 41.1. The Morgan fingerprint density at radius 2 is 1.20 bits per heavy atom. The Balaban J connectivity index is 0.00000342. The van der Waals surface area contributed by atoms with E-state index in [1.165, 1.54) is 22.3 Å². The second-order valence-electron chi connectivity index (χ2n) is 8.84. The van der Waals surface area contributed by atoms with Crippen LogP contribution in [0.2, 0.25) is 0 Å². The summed E-state index contributed by atoms with van der Waals surface area (Å²) in [6.45, 7) is 3.86. The third-order valence-corrected chi connectivity index (χ3v) is 6.42. The number of benzene rings is 4. The highest BCUT2D eigenvalue weighted by Crippen LogP contribution is 2.27. The van der Waals surface area contributed by atoms with Crippen LogP contribution in [0.15, 0.2) is 115 Å². The molecule has 4 rings (SSSR count). The van der Waals surface area contributed by atoms with Crippen molar-refractivity contribution in [3.63, 3.8) is 0 Å². The lowest BCUT2D eigenvalue weighted by Gasteiger charge is -2.22. The first-order valence-corrected chi connectivity index (χ1v) is 12.4. The fourth-order valence-corrected chi connectivity index (χ4v) is 4.44. The fraction of sp³-hybridized carbons (Fsp3) is 0.250. The minimum Gasteiger partial charge on any atom is -0.489 e. The second kappa shape index (κ2) is 14.4. The molecule has 0 aromatic heterocycles. The molecule has 0 heterocycles. The molecule has 182 valence electrons. The van der Waals surface area contributed by atoms with Crippen molar-refractivity contribution in [2.45, 2.75) is 44.8 Å². The standard InChI is InChI=1S/C32H35NO.ClH/c1-2-30(24-26-18-20-31(21-19-26)34-25-27-12-6-3-7-13-27)33-23-22-32(28-14-8-4-9-15-28)29-16-10-5-11-17-29;/h3-21,30,32-33H,2,22-25H2,1H3;1H. The number of halogens is 1. The van der Waals surface area contributed by atoms with Crippen molar-refractivity contribution in [1.82, 2.24) is 5.32 Å². The third-order valence-electron chi connectivity index (χ3n) is 6.42. The van der Waals surface area contributed by atoms with Gasteiger partial charge >= 0.3 is 0 Å². The minimum atomic E-state index is 0. The first-order valence-electron chi connectivity index (χ1n) is 12.4. The van der Waals surface area contributed by atoms with Crippen LogP contribution in [0.25, 0.3) is 0 Å². The number of rotatable bonds is 12. The van der Waals surface area contributed by atoms with E-state index in [1.807, 2.05) is 18.2 Å². The molecule has 4 aromatic rings. The molecule has 1 unspecified atom stereocenters. The van der Waals surface area contributed by atoms with E-state index in [0.29, 0.717) is 18.6 Å². The van der Waals surface area contributed by atoms with Crippen molar-refractivity contribution in [3.8, 4) is 5.75 Å². The molecule has 0 spiro atoms. The van der Waals surface area contributed by atoms with Gasteiger partial charge in [0.05, 0.1) is 0 Å². The Morgan fingerprint density at radius 1 is 0.657 bits per heavy atom. The number of hydrogen-bond donors (Lipinski definition) is 1. The van der Waals surface area contributed by atoms with Gasteiger partial charge in [0, 0.05) is 12.0 Å². The van der Waals surface area contributed by atoms with Crippen LogP contribution in [0.3, 0.4) is 0 Å². The van der Waals surface area contributed by atoms with Crippen molar-refractivity contribution >= 4 is 12.4 Å². The Kier molecular flexibility index (Phi) is 10.9. The van der Waals surface area contributed by atoms with E-state index in [1.54, 1.807) is 0 Å². The summed E-state index contributed by atoms with van der Waals surface area (Å²) >= 11 is 0. The monoisotopic (exact) mass is 485 g/mol. The van der Waals surface area contributed by atoms with Gasteiger partial charge in [-0.1, -0.05) is 110 Å². The summed E-state index contributed by atoms with van der Waals surface area (Å²) in [6.07, 6.45) is 3.21. The van der Waals surface area contributed by atoms with Gasteiger partial charge in [-0.15, -0.1) is 12.4 Å². The van der Waals surface area contributed by atoms with Gasteiger partial charge in [0.25, 0.3) is 0 Å². The normalized spacial score (nSPS) is 11.6. The lowest BCUT2D eigenvalue weighted by atomic mass is 9.88. The molecule has 0 bridgehead atoms. The fourth-order valence-electron chi connectivity index (χ4n) is 4.44. The summed E-state index contributed by atoms with van der Waals surface area (Å²) in [5, 5.41) is 3.82. The molecular weight excluding hydrogens is 450 g/mol. The van der Waals surface area contributed by atoms with Crippen molar-refractivity contribution in [2.24, 2.45) is 0 Å². The Morgan fingerprint density at radius 3 is 1.74 bits per heavy atom. The zero-order valence-corrected chi connectivity index (χ0v) is 21.3. The highest BCUT2D eigenvalue weighted by molar-refractivity contribution is 5.85. The average molecular weight is 486 g/mol. The average Bonchev–Trinajstić information content (AvgIpc) is 2.91. The maximum absolute atomic E-state index is 5.94.